The molecule has 3 aromatic carbocycles. The maximum absolute atomic E-state index is 12.8. The summed E-state index contributed by atoms with van der Waals surface area (Å²) in [6.07, 6.45) is 3.66. The average Bonchev–Trinajstić information content (AvgIpc) is 3.20. The van der Waals surface area contributed by atoms with Crippen LogP contribution < -0.4 is 10.7 Å². The second kappa shape index (κ2) is 11.0. The molecule has 178 valence electrons. The lowest BCUT2D eigenvalue weighted by Crippen LogP contribution is -2.48. The fourth-order valence-electron chi connectivity index (χ4n) is 3.91. The highest BCUT2D eigenvalue weighted by Crippen LogP contribution is 2.21. The van der Waals surface area contributed by atoms with Gasteiger partial charge >= 0.3 is 0 Å². The maximum atomic E-state index is 12.8. The van der Waals surface area contributed by atoms with Crippen molar-refractivity contribution in [3.63, 3.8) is 0 Å². The molecule has 35 heavy (non-hydrogen) atoms. The number of para-hydroxylation sites is 1. The first-order chi connectivity index (χ1) is 16.9. The van der Waals surface area contributed by atoms with Gasteiger partial charge in [-0.1, -0.05) is 80.0 Å². The molecule has 4 aromatic rings. The van der Waals surface area contributed by atoms with Crippen LogP contribution in [0.25, 0.3) is 10.9 Å². The van der Waals surface area contributed by atoms with Gasteiger partial charge in [0.2, 0.25) is 0 Å². The van der Waals surface area contributed by atoms with Crippen LogP contribution in [-0.2, 0) is 11.3 Å². The van der Waals surface area contributed by atoms with Crippen LogP contribution in [0.5, 0.6) is 0 Å². The lowest BCUT2D eigenvalue weighted by Gasteiger charge is -2.20. The van der Waals surface area contributed by atoms with E-state index in [9.17, 15) is 9.59 Å². The topological polar surface area (TPSA) is 75.5 Å². The predicted octanol–water partition coefficient (Wildman–Crippen LogP) is 5.25. The van der Waals surface area contributed by atoms with E-state index in [1.54, 1.807) is 30.5 Å². The zero-order valence-corrected chi connectivity index (χ0v) is 20.4. The molecule has 1 heterocycles. The Morgan fingerprint density at radius 1 is 1.00 bits per heavy atom. The van der Waals surface area contributed by atoms with Crippen LogP contribution in [0.2, 0.25) is 5.02 Å². The Morgan fingerprint density at radius 3 is 2.49 bits per heavy atom. The second-order valence-corrected chi connectivity index (χ2v) is 9.09. The summed E-state index contributed by atoms with van der Waals surface area (Å²) in [5, 5.41) is 8.48. The normalized spacial score (nSPS) is 12.2. The van der Waals surface area contributed by atoms with Crippen molar-refractivity contribution in [3.8, 4) is 0 Å². The standard InChI is InChI=1S/C28H27ClN4O2/c1-19(2)26(31-27(34)21-11-8-12-23(29)15-21)28(35)32-30-16-22-18-33(17-20-9-4-3-5-10-20)25-14-7-6-13-24(22)25/h3-16,18-19,26H,17H2,1-2H3,(H,31,34)(H,32,35). The molecular weight excluding hydrogens is 460 g/mol. The van der Waals surface area contributed by atoms with Crippen LogP contribution in [0.4, 0.5) is 0 Å². The van der Waals surface area contributed by atoms with E-state index in [2.05, 4.69) is 38.6 Å². The largest absolute Gasteiger partial charge is 0.342 e. The van der Waals surface area contributed by atoms with Gasteiger partial charge in [-0.3, -0.25) is 9.59 Å². The van der Waals surface area contributed by atoms with Gasteiger partial charge in [0.15, 0.2) is 0 Å². The monoisotopic (exact) mass is 486 g/mol. The van der Waals surface area contributed by atoms with E-state index in [1.807, 2.05) is 56.4 Å². The summed E-state index contributed by atoms with van der Waals surface area (Å²) in [4.78, 5) is 25.5. The molecule has 0 saturated heterocycles. The van der Waals surface area contributed by atoms with Crippen LogP contribution in [0.1, 0.15) is 35.3 Å². The number of fused-ring (bicyclic) bond motifs is 1. The van der Waals surface area contributed by atoms with Crippen molar-refractivity contribution >= 4 is 40.5 Å². The van der Waals surface area contributed by atoms with Crippen LogP contribution in [0.15, 0.2) is 90.2 Å². The van der Waals surface area contributed by atoms with E-state index >= 15 is 0 Å². The minimum Gasteiger partial charge on any atom is -0.342 e. The number of halogens is 1. The van der Waals surface area contributed by atoms with Gasteiger partial charge in [-0.2, -0.15) is 5.10 Å². The van der Waals surface area contributed by atoms with Gasteiger partial charge in [-0.05, 0) is 35.7 Å². The first kappa shape index (κ1) is 24.2. The Kier molecular flexibility index (Phi) is 7.63. The minimum absolute atomic E-state index is 0.138. The summed E-state index contributed by atoms with van der Waals surface area (Å²) in [5.74, 6) is -0.893. The van der Waals surface area contributed by atoms with Crippen molar-refractivity contribution in [3.05, 3.63) is 107 Å². The molecule has 0 radical (unpaired) electrons. The third kappa shape index (κ3) is 5.97. The summed E-state index contributed by atoms with van der Waals surface area (Å²) >= 11 is 5.99. The molecule has 2 N–H and O–H groups in total. The number of aromatic nitrogens is 1. The third-order valence-electron chi connectivity index (χ3n) is 5.72. The minimum atomic E-state index is -0.752. The van der Waals surface area contributed by atoms with E-state index in [0.717, 1.165) is 23.0 Å². The highest BCUT2D eigenvalue weighted by molar-refractivity contribution is 6.31. The predicted molar refractivity (Wildman–Crippen MR) is 141 cm³/mol. The summed E-state index contributed by atoms with van der Waals surface area (Å²) in [5.41, 5.74) is 6.14. The van der Waals surface area contributed by atoms with Crippen molar-refractivity contribution in [2.75, 3.05) is 0 Å². The fourth-order valence-corrected chi connectivity index (χ4v) is 4.10. The summed E-state index contributed by atoms with van der Waals surface area (Å²) in [6.45, 7) is 4.46. The van der Waals surface area contributed by atoms with Crippen molar-refractivity contribution in [1.29, 1.82) is 0 Å². The first-order valence-electron chi connectivity index (χ1n) is 11.4. The molecule has 0 fully saturated rings. The number of carbonyl (C=O) groups excluding carboxylic acids is 2. The fraction of sp³-hybridized carbons (Fsp3) is 0.179. The van der Waals surface area contributed by atoms with Crippen LogP contribution in [0, 0.1) is 5.92 Å². The first-order valence-corrected chi connectivity index (χ1v) is 11.8. The summed E-state index contributed by atoms with van der Waals surface area (Å²) < 4.78 is 2.16. The Hall–Kier alpha value is -3.90. The molecule has 0 bridgehead atoms. The molecular formula is C28H27ClN4O2. The zero-order valence-electron chi connectivity index (χ0n) is 19.6. The van der Waals surface area contributed by atoms with Gasteiger partial charge in [0.1, 0.15) is 6.04 Å². The Bertz CT molecular complexity index is 1360. The maximum Gasteiger partial charge on any atom is 0.262 e. The molecule has 0 spiro atoms. The lowest BCUT2D eigenvalue weighted by atomic mass is 10.0. The van der Waals surface area contributed by atoms with Crippen molar-refractivity contribution in [1.82, 2.24) is 15.3 Å². The van der Waals surface area contributed by atoms with Crippen molar-refractivity contribution in [2.24, 2.45) is 11.0 Å². The zero-order chi connectivity index (χ0) is 24.8. The molecule has 2 amide bonds. The number of hydrazone groups is 1. The van der Waals surface area contributed by atoms with Crippen molar-refractivity contribution in [2.45, 2.75) is 26.4 Å². The van der Waals surface area contributed by atoms with Gasteiger partial charge < -0.3 is 9.88 Å². The molecule has 6 nitrogen and oxygen atoms in total. The summed E-state index contributed by atoms with van der Waals surface area (Å²) in [7, 11) is 0. The number of hydrogen-bond acceptors (Lipinski definition) is 3. The van der Waals surface area contributed by atoms with Gasteiger partial charge in [0, 0.05) is 39.8 Å². The van der Waals surface area contributed by atoms with Gasteiger partial charge in [-0.25, -0.2) is 5.43 Å². The van der Waals surface area contributed by atoms with Gasteiger partial charge in [0.05, 0.1) is 6.21 Å². The molecule has 0 aliphatic heterocycles. The number of benzene rings is 3. The lowest BCUT2D eigenvalue weighted by molar-refractivity contribution is -0.123. The number of hydrogen-bond donors (Lipinski definition) is 2. The smallest absolute Gasteiger partial charge is 0.262 e. The van der Waals surface area contributed by atoms with Gasteiger partial charge in [-0.15, -0.1) is 0 Å². The van der Waals surface area contributed by atoms with Gasteiger partial charge in [0.25, 0.3) is 11.8 Å². The SMILES string of the molecule is CC(C)C(NC(=O)c1cccc(Cl)c1)C(=O)NN=Cc1cn(Cc2ccccc2)c2ccccc12. The molecule has 0 saturated carbocycles. The van der Waals surface area contributed by atoms with E-state index < -0.39 is 6.04 Å². The average molecular weight is 487 g/mol. The van der Waals surface area contributed by atoms with Crippen molar-refractivity contribution < 1.29 is 9.59 Å². The Balaban J connectivity index is 1.48. The van der Waals surface area contributed by atoms with E-state index in [4.69, 9.17) is 11.6 Å². The Morgan fingerprint density at radius 2 is 1.74 bits per heavy atom. The molecule has 7 heteroatoms. The van der Waals surface area contributed by atoms with E-state index in [1.165, 1.54) is 5.56 Å². The Labute approximate surface area is 209 Å². The molecule has 1 aromatic heterocycles. The van der Waals surface area contributed by atoms with E-state index in [-0.39, 0.29) is 17.7 Å². The highest BCUT2D eigenvalue weighted by Gasteiger charge is 2.24. The number of rotatable bonds is 8. The molecule has 1 atom stereocenters. The number of carbonyl (C=O) groups is 2. The molecule has 1 unspecified atom stereocenters. The highest BCUT2D eigenvalue weighted by atomic mass is 35.5. The van der Waals surface area contributed by atoms with Crippen LogP contribution >= 0.6 is 11.6 Å². The molecule has 4 rings (SSSR count). The summed E-state index contributed by atoms with van der Waals surface area (Å²) in [6, 6.07) is 24.2. The van der Waals surface area contributed by atoms with Crippen LogP contribution in [-0.4, -0.2) is 28.6 Å². The molecule has 0 aliphatic carbocycles. The number of nitrogens with one attached hydrogen (secondary N) is 2. The molecule has 0 aliphatic rings. The quantitative estimate of drug-likeness (QED) is 0.264. The number of nitrogens with zero attached hydrogens (tertiary/aromatic N) is 2. The number of amides is 2. The van der Waals surface area contributed by atoms with Crippen LogP contribution in [0.3, 0.4) is 0 Å². The van der Waals surface area contributed by atoms with E-state index in [0.29, 0.717) is 10.6 Å². The second-order valence-electron chi connectivity index (χ2n) is 8.65. The third-order valence-corrected chi connectivity index (χ3v) is 5.95.